The molecule has 0 saturated heterocycles. The normalized spacial score (nSPS) is 12.1. The van der Waals surface area contributed by atoms with Crippen molar-refractivity contribution < 1.29 is 9.47 Å². The molecule has 1 aromatic heterocycles. The van der Waals surface area contributed by atoms with Crippen LogP contribution in [-0.2, 0) is 6.54 Å². The first-order valence-electron chi connectivity index (χ1n) is 6.99. The van der Waals surface area contributed by atoms with Crippen LogP contribution in [0.25, 0.3) is 0 Å². The van der Waals surface area contributed by atoms with Gasteiger partial charge in [0.05, 0.1) is 0 Å². The fourth-order valence-electron chi connectivity index (χ4n) is 2.30. The van der Waals surface area contributed by atoms with E-state index in [0.29, 0.717) is 11.7 Å². The number of nitrogens with zero attached hydrogens (tertiary/aromatic N) is 1. The summed E-state index contributed by atoms with van der Waals surface area (Å²) in [6.45, 7) is 4.88. The molecule has 114 valence electrons. The Morgan fingerprint density at radius 2 is 2.00 bits per heavy atom. The molecule has 1 aromatic carbocycles. The smallest absolute Gasteiger partial charge is 0.231 e. The Kier molecular flexibility index (Phi) is 4.11. The standard InChI is InChI=1S/C16H17N3O2S/c1-10-5-11(2)18-15(6-10)19-16(22)17-8-12-3-4-13-14(7-12)21-9-20-13/h3-7H,8-9H2,1-2H3,(H2,17,18,19,22). The Bertz CT molecular complexity index is 698. The maximum atomic E-state index is 5.36. The zero-order chi connectivity index (χ0) is 15.5. The van der Waals surface area contributed by atoms with Crippen LogP contribution < -0.4 is 20.1 Å². The highest BCUT2D eigenvalue weighted by molar-refractivity contribution is 7.80. The van der Waals surface area contributed by atoms with Crippen LogP contribution in [0.1, 0.15) is 16.8 Å². The van der Waals surface area contributed by atoms with Gasteiger partial charge in [0.25, 0.3) is 0 Å². The molecule has 0 saturated carbocycles. The number of ether oxygens (including phenoxy) is 2. The van der Waals surface area contributed by atoms with Crippen molar-refractivity contribution in [1.82, 2.24) is 10.3 Å². The van der Waals surface area contributed by atoms with Crippen molar-refractivity contribution in [2.45, 2.75) is 20.4 Å². The van der Waals surface area contributed by atoms with Crippen LogP contribution in [0.4, 0.5) is 5.82 Å². The SMILES string of the molecule is Cc1cc(C)nc(NC(=S)NCc2ccc3c(c2)OCO3)c1. The van der Waals surface area contributed by atoms with Gasteiger partial charge in [0.15, 0.2) is 16.6 Å². The molecule has 0 spiro atoms. The van der Waals surface area contributed by atoms with Crippen molar-refractivity contribution in [2.75, 3.05) is 12.1 Å². The second-order valence-electron chi connectivity index (χ2n) is 5.17. The van der Waals surface area contributed by atoms with Gasteiger partial charge in [-0.1, -0.05) is 6.07 Å². The molecule has 1 aliphatic rings. The number of fused-ring (bicyclic) bond motifs is 1. The fourth-order valence-corrected chi connectivity index (χ4v) is 2.48. The first kappa shape index (κ1) is 14.6. The minimum Gasteiger partial charge on any atom is -0.454 e. The van der Waals surface area contributed by atoms with Crippen LogP contribution in [0, 0.1) is 13.8 Å². The van der Waals surface area contributed by atoms with Crippen molar-refractivity contribution >= 4 is 23.1 Å². The maximum Gasteiger partial charge on any atom is 0.231 e. The van der Waals surface area contributed by atoms with Gasteiger partial charge >= 0.3 is 0 Å². The molecule has 5 nitrogen and oxygen atoms in total. The number of rotatable bonds is 3. The predicted octanol–water partition coefficient (Wildman–Crippen LogP) is 2.91. The number of nitrogens with one attached hydrogen (secondary N) is 2. The predicted molar refractivity (Wildman–Crippen MR) is 89.3 cm³/mol. The number of hydrogen-bond acceptors (Lipinski definition) is 4. The molecular weight excluding hydrogens is 298 g/mol. The summed E-state index contributed by atoms with van der Waals surface area (Å²) in [6, 6.07) is 9.82. The molecule has 0 atom stereocenters. The Balaban J connectivity index is 1.58. The Labute approximate surface area is 134 Å². The third-order valence-electron chi connectivity index (χ3n) is 3.23. The zero-order valence-corrected chi connectivity index (χ0v) is 13.3. The number of pyridine rings is 1. The van der Waals surface area contributed by atoms with Crippen LogP contribution in [0.15, 0.2) is 30.3 Å². The average Bonchev–Trinajstić information content (AvgIpc) is 2.91. The molecule has 2 heterocycles. The molecule has 3 rings (SSSR count). The monoisotopic (exact) mass is 315 g/mol. The summed E-state index contributed by atoms with van der Waals surface area (Å²) >= 11 is 5.30. The highest BCUT2D eigenvalue weighted by Crippen LogP contribution is 2.32. The van der Waals surface area contributed by atoms with E-state index in [4.69, 9.17) is 21.7 Å². The van der Waals surface area contributed by atoms with Gasteiger partial charge in [0.2, 0.25) is 6.79 Å². The number of thiocarbonyl (C=S) groups is 1. The second kappa shape index (κ2) is 6.19. The number of hydrogen-bond donors (Lipinski definition) is 2. The summed E-state index contributed by atoms with van der Waals surface area (Å²) in [7, 11) is 0. The molecule has 0 unspecified atom stereocenters. The summed E-state index contributed by atoms with van der Waals surface area (Å²) in [4.78, 5) is 4.40. The summed E-state index contributed by atoms with van der Waals surface area (Å²) in [5, 5.41) is 6.80. The van der Waals surface area contributed by atoms with Crippen molar-refractivity contribution in [3.8, 4) is 11.5 Å². The maximum absolute atomic E-state index is 5.36. The first-order valence-corrected chi connectivity index (χ1v) is 7.40. The van der Waals surface area contributed by atoms with Crippen LogP contribution in [0.3, 0.4) is 0 Å². The molecule has 22 heavy (non-hydrogen) atoms. The summed E-state index contributed by atoms with van der Waals surface area (Å²) < 4.78 is 10.7. The van der Waals surface area contributed by atoms with Gasteiger partial charge in [0.1, 0.15) is 5.82 Å². The molecule has 2 aromatic rings. The van der Waals surface area contributed by atoms with E-state index >= 15 is 0 Å². The van der Waals surface area contributed by atoms with Gasteiger partial charge in [0, 0.05) is 12.2 Å². The van der Waals surface area contributed by atoms with Crippen LogP contribution in [-0.4, -0.2) is 16.9 Å². The van der Waals surface area contributed by atoms with Gasteiger partial charge in [-0.3, -0.25) is 0 Å². The lowest BCUT2D eigenvalue weighted by molar-refractivity contribution is 0.174. The first-order chi connectivity index (χ1) is 10.6. The molecule has 0 fully saturated rings. The molecule has 0 radical (unpaired) electrons. The van der Waals surface area contributed by atoms with E-state index in [2.05, 4.69) is 15.6 Å². The van der Waals surface area contributed by atoms with Gasteiger partial charge in [-0.15, -0.1) is 0 Å². The molecule has 1 aliphatic heterocycles. The topological polar surface area (TPSA) is 55.4 Å². The number of aromatic nitrogens is 1. The van der Waals surface area contributed by atoms with E-state index in [0.717, 1.165) is 34.1 Å². The second-order valence-corrected chi connectivity index (χ2v) is 5.57. The van der Waals surface area contributed by atoms with E-state index in [9.17, 15) is 0 Å². The molecule has 0 amide bonds. The Morgan fingerprint density at radius 3 is 2.82 bits per heavy atom. The molecular formula is C16H17N3O2S. The molecule has 2 N–H and O–H groups in total. The average molecular weight is 315 g/mol. The van der Waals surface area contributed by atoms with Crippen molar-refractivity contribution in [3.63, 3.8) is 0 Å². The molecule has 6 heteroatoms. The van der Waals surface area contributed by atoms with E-state index in [-0.39, 0.29) is 6.79 Å². The van der Waals surface area contributed by atoms with Crippen LogP contribution in [0.5, 0.6) is 11.5 Å². The Morgan fingerprint density at radius 1 is 1.18 bits per heavy atom. The van der Waals surface area contributed by atoms with Crippen LogP contribution in [0.2, 0.25) is 0 Å². The largest absolute Gasteiger partial charge is 0.454 e. The number of aryl methyl sites for hydroxylation is 2. The quantitative estimate of drug-likeness (QED) is 0.850. The summed E-state index contributed by atoms with van der Waals surface area (Å²) in [6.07, 6.45) is 0. The highest BCUT2D eigenvalue weighted by atomic mass is 32.1. The Hall–Kier alpha value is -2.34. The lowest BCUT2D eigenvalue weighted by atomic mass is 10.2. The summed E-state index contributed by atoms with van der Waals surface area (Å²) in [5.41, 5.74) is 3.18. The third-order valence-corrected chi connectivity index (χ3v) is 3.48. The van der Waals surface area contributed by atoms with Crippen molar-refractivity contribution in [2.24, 2.45) is 0 Å². The zero-order valence-electron chi connectivity index (χ0n) is 12.5. The van der Waals surface area contributed by atoms with Gasteiger partial charge in [-0.05, 0) is 61.5 Å². The summed E-state index contributed by atoms with van der Waals surface area (Å²) in [5.74, 6) is 2.30. The lowest BCUT2D eigenvalue weighted by Gasteiger charge is -2.11. The minimum absolute atomic E-state index is 0.282. The third kappa shape index (κ3) is 3.46. The van der Waals surface area contributed by atoms with E-state index in [1.165, 1.54) is 0 Å². The van der Waals surface area contributed by atoms with E-state index < -0.39 is 0 Å². The lowest BCUT2D eigenvalue weighted by Crippen LogP contribution is -2.28. The van der Waals surface area contributed by atoms with E-state index in [1.54, 1.807) is 0 Å². The minimum atomic E-state index is 0.282. The highest BCUT2D eigenvalue weighted by Gasteiger charge is 2.13. The van der Waals surface area contributed by atoms with Crippen molar-refractivity contribution in [3.05, 3.63) is 47.2 Å². The van der Waals surface area contributed by atoms with E-state index in [1.807, 2.05) is 44.2 Å². The van der Waals surface area contributed by atoms with Crippen molar-refractivity contribution in [1.29, 1.82) is 0 Å². The van der Waals surface area contributed by atoms with Gasteiger partial charge in [-0.2, -0.15) is 0 Å². The molecule has 0 aliphatic carbocycles. The fraction of sp³-hybridized carbons (Fsp3) is 0.250. The number of anilines is 1. The molecule has 0 bridgehead atoms. The van der Waals surface area contributed by atoms with Gasteiger partial charge < -0.3 is 20.1 Å². The van der Waals surface area contributed by atoms with Gasteiger partial charge in [-0.25, -0.2) is 4.98 Å². The van der Waals surface area contributed by atoms with Crippen LogP contribution >= 0.6 is 12.2 Å². The number of benzene rings is 1.